The van der Waals surface area contributed by atoms with Crippen molar-refractivity contribution in [3.63, 3.8) is 0 Å². The molecule has 1 amide bonds. The maximum absolute atomic E-state index is 13.2. The molecule has 1 atom stereocenters. The van der Waals surface area contributed by atoms with Crippen LogP contribution in [0.4, 0.5) is 5.69 Å². The van der Waals surface area contributed by atoms with Gasteiger partial charge in [-0.3, -0.25) is 9.35 Å². The Morgan fingerprint density at radius 1 is 0.852 bits per heavy atom. The van der Waals surface area contributed by atoms with E-state index in [1.165, 1.54) is 0 Å². The topological polar surface area (TPSA) is 74.7 Å². The molecule has 0 aliphatic rings. The van der Waals surface area contributed by atoms with Crippen molar-refractivity contribution in [2.24, 2.45) is 0 Å². The van der Waals surface area contributed by atoms with Crippen LogP contribution >= 0.6 is 0 Å². The Bertz CT molecular complexity index is 879. The van der Waals surface area contributed by atoms with E-state index in [1.807, 2.05) is 39.8 Å². The summed E-state index contributed by atoms with van der Waals surface area (Å²) < 4.78 is 35.2. The summed E-state index contributed by atoms with van der Waals surface area (Å²) in [6, 6.07) is 14.4. The lowest BCUT2D eigenvalue weighted by Crippen LogP contribution is -2.40. The third-order valence-electron chi connectivity index (χ3n) is 4.65. The van der Waals surface area contributed by atoms with Gasteiger partial charge in [-0.1, -0.05) is 76.2 Å². The van der Waals surface area contributed by atoms with Crippen LogP contribution in [-0.4, -0.2) is 18.9 Å². The van der Waals surface area contributed by atoms with E-state index in [-0.39, 0.29) is 17.5 Å². The van der Waals surface area contributed by atoms with E-state index >= 15 is 0 Å². The first kappa shape index (κ1) is 21.1. The Labute approximate surface area is 161 Å². The van der Waals surface area contributed by atoms with Gasteiger partial charge in [-0.2, -0.15) is 12.7 Å². The first-order valence-electron chi connectivity index (χ1n) is 9.05. The summed E-state index contributed by atoms with van der Waals surface area (Å²) in [5.74, 6) is -1.46. The van der Waals surface area contributed by atoms with E-state index in [9.17, 15) is 17.8 Å². The molecule has 1 unspecified atom stereocenters. The van der Waals surface area contributed by atoms with Gasteiger partial charge in [-0.05, 0) is 35.4 Å². The van der Waals surface area contributed by atoms with Crippen molar-refractivity contribution >= 4 is 21.9 Å². The zero-order valence-electron chi connectivity index (χ0n) is 16.4. The number of rotatable bonds is 6. The molecule has 0 aliphatic carbocycles. The molecule has 5 nitrogen and oxygen atoms in total. The summed E-state index contributed by atoms with van der Waals surface area (Å²) in [6.07, 6.45) is 0. The minimum atomic E-state index is -4.80. The van der Waals surface area contributed by atoms with E-state index in [4.69, 9.17) is 0 Å². The van der Waals surface area contributed by atoms with Crippen LogP contribution in [0.3, 0.4) is 0 Å². The molecule has 0 aliphatic heterocycles. The molecule has 0 fully saturated rings. The number of anilines is 1. The van der Waals surface area contributed by atoms with Gasteiger partial charge < -0.3 is 0 Å². The Balaban J connectivity index is 2.71. The maximum Gasteiger partial charge on any atom is 0.366 e. The summed E-state index contributed by atoms with van der Waals surface area (Å²) in [6.45, 7) is 9.35. The number of carbonyl (C=O) groups excluding carboxylic acids is 1. The molecule has 0 aromatic heterocycles. The highest BCUT2D eigenvalue weighted by atomic mass is 32.2. The van der Waals surface area contributed by atoms with Gasteiger partial charge in [0.05, 0.1) is 11.6 Å². The van der Waals surface area contributed by atoms with Gasteiger partial charge in [0, 0.05) is 0 Å². The lowest BCUT2D eigenvalue weighted by atomic mass is 9.92. The van der Waals surface area contributed by atoms with E-state index in [1.54, 1.807) is 43.3 Å². The molecule has 0 heterocycles. The van der Waals surface area contributed by atoms with E-state index in [0.29, 0.717) is 21.0 Å². The molecule has 146 valence electrons. The zero-order valence-corrected chi connectivity index (χ0v) is 17.2. The minimum Gasteiger partial charge on any atom is -0.273 e. The van der Waals surface area contributed by atoms with Gasteiger partial charge >= 0.3 is 10.3 Å². The normalized spacial score (nSPS) is 13.0. The van der Waals surface area contributed by atoms with Crippen LogP contribution in [0.1, 0.15) is 69.1 Å². The van der Waals surface area contributed by atoms with Crippen LogP contribution in [0.2, 0.25) is 0 Å². The summed E-state index contributed by atoms with van der Waals surface area (Å²) in [4.78, 5) is 13.2. The fourth-order valence-electron chi connectivity index (χ4n) is 3.15. The van der Waals surface area contributed by atoms with Gasteiger partial charge in [0.15, 0.2) is 0 Å². The fourth-order valence-corrected chi connectivity index (χ4v) is 3.97. The molecule has 0 saturated carbocycles. The van der Waals surface area contributed by atoms with Crippen LogP contribution in [0.15, 0.2) is 48.5 Å². The average Bonchev–Trinajstić information content (AvgIpc) is 2.60. The summed E-state index contributed by atoms with van der Waals surface area (Å²) in [5.41, 5.74) is 2.35. The van der Waals surface area contributed by atoms with Crippen LogP contribution in [0, 0.1) is 0 Å². The van der Waals surface area contributed by atoms with E-state index < -0.39 is 22.1 Å². The molecule has 6 heteroatoms. The SMILES string of the molecule is CC(C)c1cccc(C(C)C)c1N(C(=O)C(C)c1ccccc1)S(=O)(=O)O. The molecule has 1 N–H and O–H groups in total. The Kier molecular flexibility index (Phi) is 6.44. The molecular formula is C21H27NO4S. The number of hydrogen-bond donors (Lipinski definition) is 1. The van der Waals surface area contributed by atoms with Gasteiger partial charge in [-0.15, -0.1) is 0 Å². The molecule has 2 rings (SSSR count). The van der Waals surface area contributed by atoms with Gasteiger partial charge in [0.25, 0.3) is 0 Å². The highest BCUT2D eigenvalue weighted by molar-refractivity contribution is 7.88. The summed E-state index contributed by atoms with van der Waals surface area (Å²) in [7, 11) is -4.80. The van der Waals surface area contributed by atoms with Crippen LogP contribution in [-0.2, 0) is 15.1 Å². The third kappa shape index (κ3) is 4.57. The fraction of sp³-hybridized carbons (Fsp3) is 0.381. The molecule has 27 heavy (non-hydrogen) atoms. The van der Waals surface area contributed by atoms with Crippen molar-refractivity contribution in [3.8, 4) is 0 Å². The first-order valence-corrected chi connectivity index (χ1v) is 10.4. The molecule has 2 aromatic carbocycles. The highest BCUT2D eigenvalue weighted by Crippen LogP contribution is 2.38. The van der Waals surface area contributed by atoms with Crippen LogP contribution < -0.4 is 4.31 Å². The number of para-hydroxylation sites is 1. The van der Waals surface area contributed by atoms with Crippen molar-refractivity contribution in [1.82, 2.24) is 0 Å². The van der Waals surface area contributed by atoms with Gasteiger partial charge in [0.1, 0.15) is 0 Å². The van der Waals surface area contributed by atoms with Crippen molar-refractivity contribution < 1.29 is 17.8 Å². The Hall–Kier alpha value is -2.18. The molecule has 0 spiro atoms. The lowest BCUT2D eigenvalue weighted by Gasteiger charge is -2.29. The smallest absolute Gasteiger partial charge is 0.273 e. The minimum absolute atomic E-state index is 0.0252. The molecule has 0 radical (unpaired) electrons. The number of hydrogen-bond acceptors (Lipinski definition) is 3. The second-order valence-corrected chi connectivity index (χ2v) is 8.57. The average molecular weight is 390 g/mol. The van der Waals surface area contributed by atoms with E-state index in [2.05, 4.69) is 0 Å². The number of nitrogens with zero attached hydrogens (tertiary/aromatic N) is 1. The Morgan fingerprint density at radius 3 is 1.74 bits per heavy atom. The highest BCUT2D eigenvalue weighted by Gasteiger charge is 2.35. The molecule has 0 bridgehead atoms. The monoisotopic (exact) mass is 389 g/mol. The molecule has 0 saturated heterocycles. The zero-order chi connectivity index (χ0) is 20.4. The third-order valence-corrected chi connectivity index (χ3v) is 5.47. The predicted octanol–water partition coefficient (Wildman–Crippen LogP) is 4.87. The summed E-state index contributed by atoms with van der Waals surface area (Å²) in [5, 5.41) is 0. The van der Waals surface area contributed by atoms with E-state index in [0.717, 1.165) is 0 Å². The summed E-state index contributed by atoms with van der Waals surface area (Å²) >= 11 is 0. The Morgan fingerprint density at radius 2 is 1.33 bits per heavy atom. The number of amides is 1. The predicted molar refractivity (Wildman–Crippen MR) is 109 cm³/mol. The number of benzene rings is 2. The largest absolute Gasteiger partial charge is 0.366 e. The lowest BCUT2D eigenvalue weighted by molar-refractivity contribution is -0.118. The van der Waals surface area contributed by atoms with Crippen molar-refractivity contribution in [1.29, 1.82) is 0 Å². The molecule has 2 aromatic rings. The second-order valence-electron chi connectivity index (χ2n) is 7.31. The van der Waals surface area contributed by atoms with Crippen LogP contribution in [0.5, 0.6) is 0 Å². The van der Waals surface area contributed by atoms with Gasteiger partial charge in [0.2, 0.25) is 5.91 Å². The maximum atomic E-state index is 13.2. The first-order chi connectivity index (χ1) is 12.6. The van der Waals surface area contributed by atoms with Crippen molar-refractivity contribution in [2.45, 2.75) is 52.4 Å². The van der Waals surface area contributed by atoms with Crippen LogP contribution in [0.25, 0.3) is 0 Å². The molecular weight excluding hydrogens is 362 g/mol. The quantitative estimate of drug-likeness (QED) is 0.715. The number of carbonyl (C=O) groups is 1. The standard InChI is InChI=1S/C21H27NO4S/c1-14(2)18-12-9-13-19(15(3)4)20(18)22(27(24,25)26)21(23)16(5)17-10-7-6-8-11-17/h6-16H,1-5H3,(H,24,25,26). The van der Waals surface area contributed by atoms with Crippen molar-refractivity contribution in [3.05, 3.63) is 65.2 Å². The van der Waals surface area contributed by atoms with Crippen molar-refractivity contribution in [2.75, 3.05) is 4.31 Å². The van der Waals surface area contributed by atoms with Gasteiger partial charge in [-0.25, -0.2) is 0 Å². The second kappa shape index (κ2) is 8.23.